The summed E-state index contributed by atoms with van der Waals surface area (Å²) in [7, 11) is 0. The molecule has 0 heterocycles. The Bertz CT molecular complexity index is 563. The topological polar surface area (TPSA) is 20.2 Å². The van der Waals surface area contributed by atoms with Crippen LogP contribution in [0.15, 0.2) is 54.6 Å². The molecule has 0 saturated heterocycles. The minimum Gasteiger partial charge on any atom is -0.373 e. The first-order valence-electron chi connectivity index (χ1n) is 6.55. The second-order valence-electron chi connectivity index (χ2n) is 4.70. The van der Waals surface area contributed by atoms with Crippen LogP contribution in [0.25, 0.3) is 11.1 Å². The Kier molecular flexibility index (Phi) is 4.04. The van der Waals surface area contributed by atoms with Crippen molar-refractivity contribution in [3.63, 3.8) is 0 Å². The molecule has 0 radical (unpaired) electrons. The SMILES string of the molecule is C#CC(O)(CCC)c1ccc(-c2ccccc2)cc1. The van der Waals surface area contributed by atoms with Crippen molar-refractivity contribution in [3.8, 4) is 23.5 Å². The first-order valence-corrected chi connectivity index (χ1v) is 6.55. The molecule has 0 fully saturated rings. The van der Waals surface area contributed by atoms with Crippen molar-refractivity contribution in [2.45, 2.75) is 25.4 Å². The number of hydrogen-bond donors (Lipinski definition) is 1. The molecule has 2 aromatic carbocycles. The lowest BCUT2D eigenvalue weighted by atomic mass is 9.89. The molecule has 1 nitrogen and oxygen atoms in total. The Morgan fingerprint density at radius 1 is 1.00 bits per heavy atom. The molecule has 1 heteroatoms. The monoisotopic (exact) mass is 250 g/mol. The third-order valence-corrected chi connectivity index (χ3v) is 3.32. The molecule has 0 amide bonds. The Morgan fingerprint density at radius 2 is 1.58 bits per heavy atom. The van der Waals surface area contributed by atoms with Crippen molar-refractivity contribution >= 4 is 0 Å². The lowest BCUT2D eigenvalue weighted by Crippen LogP contribution is -2.22. The van der Waals surface area contributed by atoms with E-state index in [1.165, 1.54) is 0 Å². The summed E-state index contributed by atoms with van der Waals surface area (Å²) in [4.78, 5) is 0. The van der Waals surface area contributed by atoms with Crippen molar-refractivity contribution in [1.82, 2.24) is 0 Å². The fourth-order valence-corrected chi connectivity index (χ4v) is 2.23. The molecule has 0 bridgehead atoms. The predicted octanol–water partition coefficient (Wildman–Crippen LogP) is 3.97. The number of benzene rings is 2. The lowest BCUT2D eigenvalue weighted by Gasteiger charge is -2.22. The van der Waals surface area contributed by atoms with Gasteiger partial charge < -0.3 is 5.11 Å². The Labute approximate surface area is 114 Å². The Morgan fingerprint density at radius 3 is 2.11 bits per heavy atom. The second kappa shape index (κ2) is 5.73. The van der Waals surface area contributed by atoms with E-state index in [1.54, 1.807) is 0 Å². The molecule has 19 heavy (non-hydrogen) atoms. The van der Waals surface area contributed by atoms with Gasteiger partial charge in [0.1, 0.15) is 0 Å². The molecule has 0 saturated carbocycles. The standard InChI is InChI=1S/C18H18O/c1-3-14-18(19,4-2)17-12-10-16(11-13-17)15-8-6-5-7-9-15/h2,5-13,19H,3,14H2,1H3. The summed E-state index contributed by atoms with van der Waals surface area (Å²) in [5, 5.41) is 10.4. The zero-order chi connectivity index (χ0) is 13.7. The molecule has 2 aromatic rings. The van der Waals surface area contributed by atoms with Crippen molar-refractivity contribution in [1.29, 1.82) is 0 Å². The fraction of sp³-hybridized carbons (Fsp3) is 0.222. The van der Waals surface area contributed by atoms with Crippen molar-refractivity contribution in [2.75, 3.05) is 0 Å². The average Bonchev–Trinajstić information content (AvgIpc) is 2.48. The van der Waals surface area contributed by atoms with Crippen LogP contribution in [0.5, 0.6) is 0 Å². The van der Waals surface area contributed by atoms with Gasteiger partial charge in [-0.25, -0.2) is 0 Å². The third-order valence-electron chi connectivity index (χ3n) is 3.32. The van der Waals surface area contributed by atoms with Crippen LogP contribution in [0, 0.1) is 12.3 Å². The van der Waals surface area contributed by atoms with Crippen LogP contribution in [0.4, 0.5) is 0 Å². The van der Waals surface area contributed by atoms with Crippen LogP contribution in [0.2, 0.25) is 0 Å². The number of hydrogen-bond acceptors (Lipinski definition) is 1. The van der Waals surface area contributed by atoms with Gasteiger partial charge >= 0.3 is 0 Å². The van der Waals surface area contributed by atoms with Crippen molar-refractivity contribution < 1.29 is 5.11 Å². The van der Waals surface area contributed by atoms with E-state index in [2.05, 4.69) is 18.1 Å². The molecule has 1 atom stereocenters. The normalized spacial score (nSPS) is 13.5. The highest BCUT2D eigenvalue weighted by Gasteiger charge is 2.25. The van der Waals surface area contributed by atoms with Crippen LogP contribution in [0.1, 0.15) is 25.3 Å². The lowest BCUT2D eigenvalue weighted by molar-refractivity contribution is 0.0896. The maximum absolute atomic E-state index is 10.4. The first-order chi connectivity index (χ1) is 9.19. The van der Waals surface area contributed by atoms with Gasteiger partial charge in [-0.1, -0.05) is 73.9 Å². The van der Waals surface area contributed by atoms with Gasteiger partial charge in [-0.2, -0.15) is 0 Å². The minimum atomic E-state index is -1.15. The maximum Gasteiger partial charge on any atom is 0.150 e. The van der Waals surface area contributed by atoms with Crippen LogP contribution in [0.3, 0.4) is 0 Å². The summed E-state index contributed by atoms with van der Waals surface area (Å²) in [6, 6.07) is 18.0. The van der Waals surface area contributed by atoms with E-state index in [-0.39, 0.29) is 0 Å². The highest BCUT2D eigenvalue weighted by Crippen LogP contribution is 2.28. The number of aliphatic hydroxyl groups is 1. The van der Waals surface area contributed by atoms with E-state index in [1.807, 2.05) is 49.4 Å². The Balaban J connectivity index is 2.31. The summed E-state index contributed by atoms with van der Waals surface area (Å²) >= 11 is 0. The van der Waals surface area contributed by atoms with E-state index in [0.717, 1.165) is 23.1 Å². The number of terminal acetylenes is 1. The van der Waals surface area contributed by atoms with Crippen LogP contribution in [-0.4, -0.2) is 5.11 Å². The average molecular weight is 250 g/mol. The van der Waals surface area contributed by atoms with Gasteiger partial charge in [0.25, 0.3) is 0 Å². The van der Waals surface area contributed by atoms with E-state index in [4.69, 9.17) is 6.42 Å². The number of rotatable bonds is 4. The zero-order valence-corrected chi connectivity index (χ0v) is 11.1. The molecule has 0 aliphatic heterocycles. The Hall–Kier alpha value is -2.04. The van der Waals surface area contributed by atoms with Crippen molar-refractivity contribution in [3.05, 3.63) is 60.2 Å². The van der Waals surface area contributed by atoms with Crippen LogP contribution in [-0.2, 0) is 5.60 Å². The molecule has 0 aliphatic carbocycles. The molecule has 1 N–H and O–H groups in total. The smallest absolute Gasteiger partial charge is 0.150 e. The molecule has 0 aliphatic rings. The van der Waals surface area contributed by atoms with Gasteiger partial charge in [0.05, 0.1) is 0 Å². The van der Waals surface area contributed by atoms with Gasteiger partial charge in [-0.15, -0.1) is 6.42 Å². The summed E-state index contributed by atoms with van der Waals surface area (Å²) in [6.45, 7) is 2.01. The zero-order valence-electron chi connectivity index (χ0n) is 11.1. The molecular weight excluding hydrogens is 232 g/mol. The third kappa shape index (κ3) is 2.86. The summed E-state index contributed by atoms with van der Waals surface area (Å²) in [6.07, 6.45) is 6.90. The fourth-order valence-electron chi connectivity index (χ4n) is 2.23. The molecule has 0 aromatic heterocycles. The predicted molar refractivity (Wildman–Crippen MR) is 79.5 cm³/mol. The van der Waals surface area contributed by atoms with Gasteiger partial charge in [-0.3, -0.25) is 0 Å². The maximum atomic E-state index is 10.4. The van der Waals surface area contributed by atoms with Gasteiger partial charge in [0.2, 0.25) is 0 Å². The summed E-state index contributed by atoms with van der Waals surface area (Å²) in [5.41, 5.74) is 1.93. The van der Waals surface area contributed by atoms with E-state index >= 15 is 0 Å². The molecule has 0 spiro atoms. The van der Waals surface area contributed by atoms with Crippen LogP contribution < -0.4 is 0 Å². The molecular formula is C18H18O. The molecule has 96 valence electrons. The summed E-state index contributed by atoms with van der Waals surface area (Å²) in [5.74, 6) is 2.51. The van der Waals surface area contributed by atoms with Gasteiger partial charge in [-0.05, 0) is 23.1 Å². The summed E-state index contributed by atoms with van der Waals surface area (Å²) < 4.78 is 0. The van der Waals surface area contributed by atoms with E-state index < -0.39 is 5.60 Å². The molecule has 1 unspecified atom stereocenters. The molecule has 2 rings (SSSR count). The van der Waals surface area contributed by atoms with Gasteiger partial charge in [0, 0.05) is 0 Å². The highest BCUT2D eigenvalue weighted by molar-refractivity contribution is 5.63. The minimum absolute atomic E-state index is 0.578. The highest BCUT2D eigenvalue weighted by atomic mass is 16.3. The van der Waals surface area contributed by atoms with Gasteiger partial charge in [0.15, 0.2) is 5.60 Å². The first kappa shape index (κ1) is 13.4. The van der Waals surface area contributed by atoms with Crippen molar-refractivity contribution in [2.24, 2.45) is 0 Å². The van der Waals surface area contributed by atoms with E-state index in [9.17, 15) is 5.11 Å². The largest absolute Gasteiger partial charge is 0.373 e. The quantitative estimate of drug-likeness (QED) is 0.814. The van der Waals surface area contributed by atoms with E-state index in [0.29, 0.717) is 6.42 Å². The van der Waals surface area contributed by atoms with Crippen LogP contribution >= 0.6 is 0 Å². The second-order valence-corrected chi connectivity index (χ2v) is 4.70.